The van der Waals surface area contributed by atoms with Crippen LogP contribution in [0.15, 0.2) is 54.9 Å². The van der Waals surface area contributed by atoms with E-state index in [4.69, 9.17) is 11.6 Å². The van der Waals surface area contributed by atoms with Crippen molar-refractivity contribution in [2.45, 2.75) is 51.5 Å². The van der Waals surface area contributed by atoms with Gasteiger partial charge in [-0.1, -0.05) is 41.9 Å². The predicted molar refractivity (Wildman–Crippen MR) is 126 cm³/mol. The fourth-order valence-corrected chi connectivity index (χ4v) is 4.78. The summed E-state index contributed by atoms with van der Waals surface area (Å²) in [6, 6.07) is 15.3. The number of aryl methyl sites for hydroxylation is 1. The van der Waals surface area contributed by atoms with Gasteiger partial charge in [0.2, 0.25) is 5.91 Å². The number of hydrogen-bond acceptors (Lipinski definition) is 5. The Kier molecular flexibility index (Phi) is 7.50. The number of Topliss-reactive ketones (excluding diaryl/α,β-unsaturated/α-hetero) is 1. The van der Waals surface area contributed by atoms with Crippen LogP contribution in [0.5, 0.6) is 0 Å². The molecule has 3 aromatic rings. The summed E-state index contributed by atoms with van der Waals surface area (Å²) < 4.78 is 1.55. The van der Waals surface area contributed by atoms with Crippen molar-refractivity contribution in [1.82, 2.24) is 25.5 Å². The SMILES string of the molecule is C[C@H](NC(=O)[C@@H]1CC[C@@H](Cc2ccccc2)C1)C(=O)CCc1cc(Cl)ccc1-n1cnnn1. The monoisotopic (exact) mass is 465 g/mol. The Morgan fingerprint density at radius 2 is 2.00 bits per heavy atom. The van der Waals surface area contributed by atoms with Gasteiger partial charge in [0, 0.05) is 17.4 Å². The third-order valence-corrected chi connectivity index (χ3v) is 6.63. The Hall–Kier alpha value is -3.06. The second kappa shape index (κ2) is 10.7. The molecule has 1 saturated carbocycles. The smallest absolute Gasteiger partial charge is 0.223 e. The van der Waals surface area contributed by atoms with Crippen molar-refractivity contribution in [1.29, 1.82) is 0 Å². The Morgan fingerprint density at radius 1 is 1.18 bits per heavy atom. The largest absolute Gasteiger partial charge is 0.346 e. The second-order valence-electron chi connectivity index (χ2n) is 8.79. The summed E-state index contributed by atoms with van der Waals surface area (Å²) in [6.45, 7) is 1.76. The van der Waals surface area contributed by atoms with Crippen LogP contribution in [-0.4, -0.2) is 37.9 Å². The molecule has 2 aromatic carbocycles. The van der Waals surface area contributed by atoms with Crippen LogP contribution in [0.3, 0.4) is 0 Å². The summed E-state index contributed by atoms with van der Waals surface area (Å²) in [5.41, 5.74) is 2.97. The Morgan fingerprint density at radius 3 is 2.76 bits per heavy atom. The molecule has 0 spiro atoms. The predicted octanol–water partition coefficient (Wildman–Crippen LogP) is 3.98. The van der Waals surface area contributed by atoms with Crippen LogP contribution in [0.4, 0.5) is 0 Å². The molecular formula is C25H28ClN5O2. The van der Waals surface area contributed by atoms with Gasteiger partial charge in [-0.3, -0.25) is 9.59 Å². The van der Waals surface area contributed by atoms with E-state index in [0.717, 1.165) is 36.9 Å². The van der Waals surface area contributed by atoms with Gasteiger partial charge >= 0.3 is 0 Å². The number of amides is 1. The van der Waals surface area contributed by atoms with Crippen LogP contribution in [0.2, 0.25) is 5.02 Å². The van der Waals surface area contributed by atoms with Crippen molar-refractivity contribution in [3.8, 4) is 5.69 Å². The minimum Gasteiger partial charge on any atom is -0.346 e. The molecule has 172 valence electrons. The molecule has 1 aromatic heterocycles. The maximum absolute atomic E-state index is 12.8. The molecule has 7 nitrogen and oxygen atoms in total. The second-order valence-corrected chi connectivity index (χ2v) is 9.23. The number of ketones is 1. The first kappa shape index (κ1) is 23.1. The number of halogens is 1. The minimum absolute atomic E-state index is 0.00942. The van der Waals surface area contributed by atoms with E-state index in [0.29, 0.717) is 17.4 Å². The van der Waals surface area contributed by atoms with Crippen molar-refractivity contribution in [2.24, 2.45) is 11.8 Å². The molecule has 8 heteroatoms. The van der Waals surface area contributed by atoms with E-state index in [-0.39, 0.29) is 24.0 Å². The molecule has 3 atom stereocenters. The minimum atomic E-state index is -0.527. The van der Waals surface area contributed by atoms with E-state index in [9.17, 15) is 9.59 Å². The molecule has 1 aliphatic carbocycles. The molecule has 1 amide bonds. The first-order valence-corrected chi connectivity index (χ1v) is 11.8. The summed E-state index contributed by atoms with van der Waals surface area (Å²) in [6.07, 6.45) is 6.08. The van der Waals surface area contributed by atoms with Gasteiger partial charge in [0.05, 0.1) is 11.7 Å². The first-order valence-electron chi connectivity index (χ1n) is 11.4. The quantitative estimate of drug-likeness (QED) is 0.516. The highest BCUT2D eigenvalue weighted by Crippen LogP contribution is 2.33. The van der Waals surface area contributed by atoms with Gasteiger partial charge in [-0.05, 0) is 84.7 Å². The number of aromatic nitrogens is 4. The van der Waals surface area contributed by atoms with Crippen molar-refractivity contribution >= 4 is 23.3 Å². The maximum Gasteiger partial charge on any atom is 0.223 e. The number of benzene rings is 2. The Bertz CT molecular complexity index is 1090. The fourth-order valence-electron chi connectivity index (χ4n) is 4.58. The van der Waals surface area contributed by atoms with Crippen LogP contribution in [0.25, 0.3) is 5.69 Å². The van der Waals surface area contributed by atoms with Crippen molar-refractivity contribution in [3.05, 3.63) is 71.0 Å². The molecule has 4 rings (SSSR count). The van der Waals surface area contributed by atoms with Gasteiger partial charge in [0.1, 0.15) is 6.33 Å². The molecule has 0 saturated heterocycles. The van der Waals surface area contributed by atoms with Gasteiger partial charge in [0.15, 0.2) is 5.78 Å². The van der Waals surface area contributed by atoms with E-state index in [1.165, 1.54) is 11.9 Å². The van der Waals surface area contributed by atoms with E-state index in [1.54, 1.807) is 17.7 Å². The summed E-state index contributed by atoms with van der Waals surface area (Å²) in [5, 5.41) is 14.8. The molecule has 0 radical (unpaired) electrons. The highest BCUT2D eigenvalue weighted by molar-refractivity contribution is 6.30. The highest BCUT2D eigenvalue weighted by Gasteiger charge is 2.31. The van der Waals surface area contributed by atoms with Crippen LogP contribution in [0.1, 0.15) is 43.7 Å². The standard InChI is InChI=1S/C25H28ClN5O2/c1-17(28-25(33)21-8-7-19(14-21)13-18-5-3-2-4-6-18)24(32)12-9-20-15-22(26)10-11-23(20)31-16-27-29-30-31/h2-6,10-11,15-17,19,21H,7-9,12-14H2,1H3,(H,28,33)/t17-,19-,21+/m0/s1. The zero-order valence-corrected chi connectivity index (χ0v) is 19.4. The molecule has 0 bridgehead atoms. The number of nitrogens with one attached hydrogen (secondary N) is 1. The summed E-state index contributed by atoms with van der Waals surface area (Å²) in [7, 11) is 0. The molecular weight excluding hydrogens is 438 g/mol. The first-order chi connectivity index (χ1) is 16.0. The number of tetrazole rings is 1. The molecule has 1 fully saturated rings. The summed E-state index contributed by atoms with van der Waals surface area (Å²) in [4.78, 5) is 25.5. The van der Waals surface area contributed by atoms with Crippen LogP contribution in [0, 0.1) is 11.8 Å². The van der Waals surface area contributed by atoms with E-state index < -0.39 is 6.04 Å². The maximum atomic E-state index is 12.8. The van der Waals surface area contributed by atoms with Crippen molar-refractivity contribution < 1.29 is 9.59 Å². The lowest BCUT2D eigenvalue weighted by atomic mass is 9.96. The van der Waals surface area contributed by atoms with Crippen molar-refractivity contribution in [3.63, 3.8) is 0 Å². The van der Waals surface area contributed by atoms with Gasteiger partial charge in [-0.25, -0.2) is 4.68 Å². The highest BCUT2D eigenvalue weighted by atomic mass is 35.5. The zero-order valence-electron chi connectivity index (χ0n) is 18.7. The van der Waals surface area contributed by atoms with Gasteiger partial charge in [-0.2, -0.15) is 0 Å². The normalized spacial score (nSPS) is 18.7. The topological polar surface area (TPSA) is 89.8 Å². The van der Waals surface area contributed by atoms with Gasteiger partial charge in [-0.15, -0.1) is 5.10 Å². The van der Waals surface area contributed by atoms with E-state index in [2.05, 4.69) is 45.1 Å². The average Bonchev–Trinajstić information content (AvgIpc) is 3.51. The molecule has 0 unspecified atom stereocenters. The lowest BCUT2D eigenvalue weighted by Gasteiger charge is -2.17. The van der Waals surface area contributed by atoms with Crippen LogP contribution in [-0.2, 0) is 22.4 Å². The van der Waals surface area contributed by atoms with Crippen molar-refractivity contribution in [2.75, 3.05) is 0 Å². The lowest BCUT2D eigenvalue weighted by molar-refractivity contribution is -0.129. The fraction of sp³-hybridized carbons (Fsp3) is 0.400. The molecule has 0 aliphatic heterocycles. The molecule has 1 N–H and O–H groups in total. The number of nitrogens with zero attached hydrogens (tertiary/aromatic N) is 4. The van der Waals surface area contributed by atoms with Crippen LogP contribution >= 0.6 is 11.6 Å². The number of rotatable bonds is 9. The third kappa shape index (κ3) is 6.05. The van der Waals surface area contributed by atoms with E-state index in [1.807, 2.05) is 18.2 Å². The summed E-state index contributed by atoms with van der Waals surface area (Å²) in [5.74, 6) is 0.475. The zero-order chi connectivity index (χ0) is 23.2. The van der Waals surface area contributed by atoms with E-state index >= 15 is 0 Å². The average molecular weight is 466 g/mol. The summed E-state index contributed by atoms with van der Waals surface area (Å²) >= 11 is 6.16. The van der Waals surface area contributed by atoms with Crippen LogP contribution < -0.4 is 5.32 Å². The molecule has 33 heavy (non-hydrogen) atoms. The Labute approximate surface area is 198 Å². The number of hydrogen-bond donors (Lipinski definition) is 1. The Balaban J connectivity index is 1.28. The number of carbonyl (C=O) groups excluding carboxylic acids is 2. The molecule has 1 aliphatic rings. The van der Waals surface area contributed by atoms with Gasteiger partial charge < -0.3 is 5.32 Å². The molecule has 1 heterocycles. The van der Waals surface area contributed by atoms with Gasteiger partial charge in [0.25, 0.3) is 0 Å². The number of carbonyl (C=O) groups is 2. The third-order valence-electron chi connectivity index (χ3n) is 6.40. The lowest BCUT2D eigenvalue weighted by Crippen LogP contribution is -2.41.